The number of nitrogens with zero attached hydrogens (tertiary/aromatic N) is 1. The van der Waals surface area contributed by atoms with Crippen molar-refractivity contribution in [1.82, 2.24) is 10.2 Å². The Hall–Kier alpha value is -0.610. The van der Waals surface area contributed by atoms with Gasteiger partial charge in [-0.25, -0.2) is 0 Å². The van der Waals surface area contributed by atoms with Crippen molar-refractivity contribution in [2.24, 2.45) is 5.73 Å². The number of carbonyl (C=O) groups is 1. The van der Waals surface area contributed by atoms with Crippen LogP contribution in [0.5, 0.6) is 0 Å². The van der Waals surface area contributed by atoms with Crippen molar-refractivity contribution in [3.8, 4) is 0 Å². The summed E-state index contributed by atoms with van der Waals surface area (Å²) in [4.78, 5) is 13.3. The van der Waals surface area contributed by atoms with Crippen molar-refractivity contribution < 1.29 is 4.79 Å². The molecule has 0 bridgehead atoms. The van der Waals surface area contributed by atoms with Gasteiger partial charge in [0.25, 0.3) is 0 Å². The highest BCUT2D eigenvalue weighted by Gasteiger charge is 2.27. The van der Waals surface area contributed by atoms with Crippen LogP contribution in [-0.2, 0) is 4.79 Å². The van der Waals surface area contributed by atoms with E-state index in [0.29, 0.717) is 13.1 Å². The first-order valence-corrected chi connectivity index (χ1v) is 5.72. The first kappa shape index (κ1) is 12.5. The summed E-state index contributed by atoms with van der Waals surface area (Å²) in [5.74, 6) is 0.0652. The van der Waals surface area contributed by atoms with Gasteiger partial charge < -0.3 is 16.0 Å². The van der Waals surface area contributed by atoms with Gasteiger partial charge in [-0.3, -0.25) is 4.79 Å². The van der Waals surface area contributed by atoms with Gasteiger partial charge in [0.2, 0.25) is 5.91 Å². The number of rotatable bonds is 4. The molecule has 0 aliphatic heterocycles. The Morgan fingerprint density at radius 2 is 1.93 bits per heavy atom. The summed E-state index contributed by atoms with van der Waals surface area (Å²) in [6, 6.07) is 0. The molecule has 1 aliphatic rings. The number of carbonyl (C=O) groups excluding carboxylic acids is 1. The summed E-state index contributed by atoms with van der Waals surface area (Å²) < 4.78 is 0. The highest BCUT2D eigenvalue weighted by atomic mass is 16.2. The molecule has 0 spiro atoms. The minimum atomic E-state index is -0.153. The topological polar surface area (TPSA) is 58.4 Å². The van der Waals surface area contributed by atoms with Crippen LogP contribution in [0.15, 0.2) is 0 Å². The molecule has 0 heterocycles. The maximum Gasteiger partial charge on any atom is 0.234 e. The fourth-order valence-corrected chi connectivity index (χ4v) is 2.05. The molecular formula is C11H23N3O. The Morgan fingerprint density at radius 3 is 2.47 bits per heavy atom. The summed E-state index contributed by atoms with van der Waals surface area (Å²) in [6.07, 6.45) is 5.75. The SMILES string of the molecule is CN(C)CC(=O)NCC1(N)CCCCC1. The molecule has 0 atom stereocenters. The molecule has 0 unspecified atom stereocenters. The van der Waals surface area contributed by atoms with Gasteiger partial charge in [0, 0.05) is 12.1 Å². The predicted octanol–water partition coefficient (Wildman–Crippen LogP) is 0.326. The number of nitrogens with one attached hydrogen (secondary N) is 1. The second-order valence-corrected chi connectivity index (χ2v) is 4.94. The van der Waals surface area contributed by atoms with Crippen LogP contribution in [-0.4, -0.2) is 43.5 Å². The normalized spacial score (nSPS) is 20.3. The van der Waals surface area contributed by atoms with Crippen LogP contribution >= 0.6 is 0 Å². The summed E-state index contributed by atoms with van der Waals surface area (Å²) in [7, 11) is 3.77. The maximum atomic E-state index is 11.4. The second kappa shape index (κ2) is 5.47. The van der Waals surface area contributed by atoms with Gasteiger partial charge in [-0.15, -0.1) is 0 Å². The summed E-state index contributed by atoms with van der Waals surface area (Å²) in [5.41, 5.74) is 6.06. The molecule has 0 aromatic heterocycles. The summed E-state index contributed by atoms with van der Waals surface area (Å²) in [5, 5.41) is 2.92. The van der Waals surface area contributed by atoms with E-state index in [9.17, 15) is 4.79 Å². The lowest BCUT2D eigenvalue weighted by molar-refractivity contribution is -0.122. The molecule has 1 fully saturated rings. The van der Waals surface area contributed by atoms with Crippen LogP contribution < -0.4 is 11.1 Å². The molecule has 1 aliphatic carbocycles. The van der Waals surface area contributed by atoms with Crippen molar-refractivity contribution in [3.63, 3.8) is 0 Å². The largest absolute Gasteiger partial charge is 0.353 e. The standard InChI is InChI=1S/C11H23N3O/c1-14(2)8-10(15)13-9-11(12)6-4-3-5-7-11/h3-9,12H2,1-2H3,(H,13,15). The zero-order valence-electron chi connectivity index (χ0n) is 9.88. The van der Waals surface area contributed by atoms with E-state index in [4.69, 9.17) is 5.73 Å². The lowest BCUT2D eigenvalue weighted by Crippen LogP contribution is -2.52. The third kappa shape index (κ3) is 4.62. The van der Waals surface area contributed by atoms with Crippen LogP contribution in [0.4, 0.5) is 0 Å². The van der Waals surface area contributed by atoms with Crippen molar-refractivity contribution in [2.45, 2.75) is 37.6 Å². The summed E-state index contributed by atoms with van der Waals surface area (Å²) >= 11 is 0. The van der Waals surface area contributed by atoms with E-state index in [1.165, 1.54) is 19.3 Å². The average molecular weight is 213 g/mol. The fourth-order valence-electron chi connectivity index (χ4n) is 2.05. The number of hydrogen-bond donors (Lipinski definition) is 2. The maximum absolute atomic E-state index is 11.4. The number of amides is 1. The average Bonchev–Trinajstić information content (AvgIpc) is 2.15. The molecule has 1 rings (SSSR count). The molecule has 0 radical (unpaired) electrons. The Labute approximate surface area is 92.2 Å². The van der Waals surface area contributed by atoms with Gasteiger partial charge in [-0.1, -0.05) is 19.3 Å². The molecule has 1 amide bonds. The van der Waals surface area contributed by atoms with Gasteiger partial charge in [-0.2, -0.15) is 0 Å². The lowest BCUT2D eigenvalue weighted by atomic mass is 9.82. The fraction of sp³-hybridized carbons (Fsp3) is 0.909. The van der Waals surface area contributed by atoms with E-state index in [-0.39, 0.29) is 11.4 Å². The Balaban J connectivity index is 2.25. The predicted molar refractivity (Wildman–Crippen MR) is 61.6 cm³/mol. The Kier molecular flexibility index (Phi) is 4.54. The first-order chi connectivity index (χ1) is 7.02. The molecular weight excluding hydrogens is 190 g/mol. The Morgan fingerprint density at radius 1 is 1.33 bits per heavy atom. The highest BCUT2D eigenvalue weighted by molar-refractivity contribution is 5.78. The van der Waals surface area contributed by atoms with E-state index < -0.39 is 0 Å². The smallest absolute Gasteiger partial charge is 0.234 e. The van der Waals surface area contributed by atoms with Crippen molar-refractivity contribution in [1.29, 1.82) is 0 Å². The van der Waals surface area contributed by atoms with E-state index in [1.54, 1.807) is 0 Å². The quantitative estimate of drug-likeness (QED) is 0.707. The third-order valence-electron chi connectivity index (χ3n) is 2.95. The van der Waals surface area contributed by atoms with E-state index in [2.05, 4.69) is 5.32 Å². The minimum absolute atomic E-state index is 0.0652. The zero-order chi connectivity index (χ0) is 11.3. The number of hydrogen-bond acceptors (Lipinski definition) is 3. The van der Waals surface area contributed by atoms with Gasteiger partial charge in [0.15, 0.2) is 0 Å². The molecule has 15 heavy (non-hydrogen) atoms. The molecule has 3 N–H and O–H groups in total. The Bertz CT molecular complexity index is 210. The second-order valence-electron chi connectivity index (χ2n) is 4.94. The molecule has 88 valence electrons. The molecule has 4 heteroatoms. The third-order valence-corrected chi connectivity index (χ3v) is 2.95. The van der Waals surface area contributed by atoms with Crippen LogP contribution in [0.25, 0.3) is 0 Å². The van der Waals surface area contributed by atoms with Crippen LogP contribution in [0.2, 0.25) is 0 Å². The van der Waals surface area contributed by atoms with Gasteiger partial charge in [-0.05, 0) is 26.9 Å². The van der Waals surface area contributed by atoms with Crippen molar-refractivity contribution in [2.75, 3.05) is 27.2 Å². The van der Waals surface area contributed by atoms with E-state index >= 15 is 0 Å². The molecule has 4 nitrogen and oxygen atoms in total. The van der Waals surface area contributed by atoms with Gasteiger partial charge in [0.1, 0.15) is 0 Å². The first-order valence-electron chi connectivity index (χ1n) is 5.72. The van der Waals surface area contributed by atoms with Crippen LogP contribution in [0.1, 0.15) is 32.1 Å². The van der Waals surface area contributed by atoms with Crippen LogP contribution in [0, 0.1) is 0 Å². The number of likely N-dealkylation sites (N-methyl/N-ethyl adjacent to an activating group) is 1. The monoisotopic (exact) mass is 213 g/mol. The minimum Gasteiger partial charge on any atom is -0.353 e. The van der Waals surface area contributed by atoms with Crippen molar-refractivity contribution >= 4 is 5.91 Å². The van der Waals surface area contributed by atoms with E-state index in [0.717, 1.165) is 12.8 Å². The van der Waals surface area contributed by atoms with E-state index in [1.807, 2.05) is 19.0 Å². The summed E-state index contributed by atoms with van der Waals surface area (Å²) in [6.45, 7) is 1.07. The lowest BCUT2D eigenvalue weighted by Gasteiger charge is -2.33. The zero-order valence-corrected chi connectivity index (χ0v) is 9.88. The van der Waals surface area contributed by atoms with Crippen LogP contribution in [0.3, 0.4) is 0 Å². The highest BCUT2D eigenvalue weighted by Crippen LogP contribution is 2.24. The van der Waals surface area contributed by atoms with Gasteiger partial charge in [0.05, 0.1) is 6.54 Å². The van der Waals surface area contributed by atoms with Gasteiger partial charge >= 0.3 is 0 Å². The molecule has 0 aromatic rings. The molecule has 0 saturated heterocycles. The number of nitrogens with two attached hydrogens (primary N) is 1. The molecule has 1 saturated carbocycles. The van der Waals surface area contributed by atoms with Crippen molar-refractivity contribution in [3.05, 3.63) is 0 Å². The molecule has 0 aromatic carbocycles.